The second kappa shape index (κ2) is 10.2. The van der Waals surface area contributed by atoms with E-state index in [1.807, 2.05) is 30.3 Å². The lowest BCUT2D eigenvalue weighted by Gasteiger charge is -2.22. The minimum absolute atomic E-state index is 0.0529. The Hall–Kier alpha value is -2.08. The summed E-state index contributed by atoms with van der Waals surface area (Å²) in [6.07, 6.45) is 0.781. The molecule has 1 atom stereocenters. The van der Waals surface area contributed by atoms with E-state index in [1.165, 1.54) is 6.26 Å². The SMILES string of the molecule is CCOP(=O)(C[C@H](NC(=O)OCc1ccccc1)c1ccco1)OCC. The Kier molecular flexibility index (Phi) is 7.91. The van der Waals surface area contributed by atoms with E-state index in [0.717, 1.165) is 5.56 Å². The molecular weight excluding hydrogens is 357 g/mol. The molecule has 0 aliphatic heterocycles. The molecule has 0 aliphatic rings. The van der Waals surface area contributed by atoms with E-state index in [2.05, 4.69) is 5.32 Å². The van der Waals surface area contributed by atoms with Crippen molar-refractivity contribution in [1.29, 1.82) is 0 Å². The zero-order valence-electron chi connectivity index (χ0n) is 14.9. The number of hydrogen-bond acceptors (Lipinski definition) is 6. The van der Waals surface area contributed by atoms with Gasteiger partial charge in [-0.15, -0.1) is 0 Å². The van der Waals surface area contributed by atoms with E-state index in [9.17, 15) is 9.36 Å². The molecule has 8 heteroatoms. The van der Waals surface area contributed by atoms with Crippen molar-refractivity contribution in [2.75, 3.05) is 19.4 Å². The third kappa shape index (κ3) is 6.33. The second-order valence-corrected chi connectivity index (χ2v) is 7.51. The van der Waals surface area contributed by atoms with E-state index < -0.39 is 19.7 Å². The van der Waals surface area contributed by atoms with Gasteiger partial charge in [-0.1, -0.05) is 30.3 Å². The number of rotatable bonds is 10. The number of amides is 1. The third-order valence-corrected chi connectivity index (χ3v) is 5.56. The van der Waals surface area contributed by atoms with Crippen LogP contribution in [0.3, 0.4) is 0 Å². The fourth-order valence-corrected chi connectivity index (χ4v) is 4.15. The highest BCUT2D eigenvalue weighted by Crippen LogP contribution is 2.50. The number of hydrogen-bond donors (Lipinski definition) is 1. The van der Waals surface area contributed by atoms with Crippen LogP contribution in [0.4, 0.5) is 4.79 Å². The predicted octanol–water partition coefficient (Wildman–Crippen LogP) is 4.51. The zero-order chi connectivity index (χ0) is 18.8. The number of nitrogens with one attached hydrogen (secondary N) is 1. The summed E-state index contributed by atoms with van der Waals surface area (Å²) in [7, 11) is -3.38. The minimum Gasteiger partial charge on any atom is -0.467 e. The van der Waals surface area contributed by atoms with E-state index >= 15 is 0 Å². The molecule has 7 nitrogen and oxygen atoms in total. The fourth-order valence-electron chi connectivity index (χ4n) is 2.36. The molecular formula is C18H24NO6P. The van der Waals surface area contributed by atoms with Gasteiger partial charge < -0.3 is 23.5 Å². The van der Waals surface area contributed by atoms with Gasteiger partial charge in [-0.3, -0.25) is 4.57 Å². The van der Waals surface area contributed by atoms with Gasteiger partial charge in [-0.2, -0.15) is 0 Å². The Morgan fingerprint density at radius 3 is 2.38 bits per heavy atom. The Morgan fingerprint density at radius 1 is 1.12 bits per heavy atom. The Labute approximate surface area is 153 Å². The second-order valence-electron chi connectivity index (χ2n) is 5.40. The minimum atomic E-state index is -3.38. The van der Waals surface area contributed by atoms with Crippen LogP contribution in [0.15, 0.2) is 53.1 Å². The molecule has 1 aromatic carbocycles. The number of ether oxygens (including phenoxy) is 1. The lowest BCUT2D eigenvalue weighted by atomic mass is 10.2. The maximum Gasteiger partial charge on any atom is 0.408 e. The molecule has 142 valence electrons. The van der Waals surface area contributed by atoms with Crippen molar-refractivity contribution in [3.8, 4) is 0 Å². The largest absolute Gasteiger partial charge is 0.467 e. The number of benzene rings is 1. The summed E-state index contributed by atoms with van der Waals surface area (Å²) >= 11 is 0. The molecule has 0 aliphatic carbocycles. The summed E-state index contributed by atoms with van der Waals surface area (Å²) in [6, 6.07) is 12.0. The van der Waals surface area contributed by atoms with Crippen LogP contribution in [0.5, 0.6) is 0 Å². The number of carbonyl (C=O) groups excluding carboxylic acids is 1. The molecule has 0 fully saturated rings. The van der Waals surface area contributed by atoms with Crippen LogP contribution in [0, 0.1) is 0 Å². The summed E-state index contributed by atoms with van der Waals surface area (Å²) in [6.45, 7) is 4.07. The van der Waals surface area contributed by atoms with Gasteiger partial charge in [-0.25, -0.2) is 4.79 Å². The summed E-state index contributed by atoms with van der Waals surface area (Å²) in [5.74, 6) is 0.446. The molecule has 0 spiro atoms. The van der Waals surface area contributed by atoms with E-state index in [-0.39, 0.29) is 26.0 Å². The highest BCUT2D eigenvalue weighted by molar-refractivity contribution is 7.53. The van der Waals surface area contributed by atoms with Crippen molar-refractivity contribution in [1.82, 2.24) is 5.32 Å². The Bertz CT molecular complexity index is 694. The topological polar surface area (TPSA) is 87.0 Å². The molecule has 0 bridgehead atoms. The van der Waals surface area contributed by atoms with Crippen LogP contribution in [-0.2, 0) is 25.0 Å². The first-order valence-electron chi connectivity index (χ1n) is 8.45. The quantitative estimate of drug-likeness (QED) is 0.609. The molecule has 1 N–H and O–H groups in total. The van der Waals surface area contributed by atoms with Gasteiger partial charge in [-0.05, 0) is 31.5 Å². The maximum absolute atomic E-state index is 12.8. The number of alkyl carbamates (subject to hydrolysis) is 1. The van der Waals surface area contributed by atoms with E-state index in [0.29, 0.717) is 5.76 Å². The molecule has 2 rings (SSSR count). The first-order valence-corrected chi connectivity index (χ1v) is 10.2. The lowest BCUT2D eigenvalue weighted by Crippen LogP contribution is -2.31. The van der Waals surface area contributed by atoms with Gasteiger partial charge in [0, 0.05) is 0 Å². The van der Waals surface area contributed by atoms with Crippen molar-refractivity contribution >= 4 is 13.7 Å². The normalized spacial score (nSPS) is 12.5. The Morgan fingerprint density at radius 2 is 1.81 bits per heavy atom. The highest BCUT2D eigenvalue weighted by Gasteiger charge is 2.32. The monoisotopic (exact) mass is 381 g/mol. The average Bonchev–Trinajstić information content (AvgIpc) is 3.15. The predicted molar refractivity (Wildman–Crippen MR) is 96.9 cm³/mol. The molecule has 1 aromatic heterocycles. The van der Waals surface area contributed by atoms with Crippen molar-refractivity contribution in [3.63, 3.8) is 0 Å². The smallest absolute Gasteiger partial charge is 0.408 e. The van der Waals surface area contributed by atoms with Crippen LogP contribution in [0.1, 0.15) is 31.2 Å². The standard InChI is InChI=1S/C18H24NO6P/c1-3-24-26(21,25-4-2)14-16(17-11-8-12-22-17)19-18(20)23-13-15-9-6-5-7-10-15/h5-12,16H,3-4,13-14H2,1-2H3,(H,19,20)/t16-/m0/s1. The summed E-state index contributed by atoms with van der Waals surface area (Å²) in [5.41, 5.74) is 0.867. The van der Waals surface area contributed by atoms with E-state index in [4.69, 9.17) is 18.2 Å². The van der Waals surface area contributed by atoms with Crippen molar-refractivity contribution < 1.29 is 27.6 Å². The molecule has 0 radical (unpaired) electrons. The summed E-state index contributed by atoms with van der Waals surface area (Å²) in [5, 5.41) is 2.68. The number of carbonyl (C=O) groups is 1. The highest BCUT2D eigenvalue weighted by atomic mass is 31.2. The fraction of sp³-hybridized carbons (Fsp3) is 0.389. The van der Waals surface area contributed by atoms with Crippen molar-refractivity contribution in [3.05, 3.63) is 60.1 Å². The van der Waals surface area contributed by atoms with Gasteiger partial charge in [0.25, 0.3) is 0 Å². The van der Waals surface area contributed by atoms with E-state index in [1.54, 1.807) is 26.0 Å². The zero-order valence-corrected chi connectivity index (χ0v) is 15.8. The van der Waals surface area contributed by atoms with Crippen molar-refractivity contribution in [2.24, 2.45) is 0 Å². The Balaban J connectivity index is 2.03. The molecule has 0 saturated heterocycles. The molecule has 1 amide bonds. The summed E-state index contributed by atoms with van der Waals surface area (Å²) < 4.78 is 34.0. The van der Waals surface area contributed by atoms with Crippen LogP contribution in [-0.4, -0.2) is 25.5 Å². The van der Waals surface area contributed by atoms with Crippen molar-refractivity contribution in [2.45, 2.75) is 26.5 Å². The van der Waals surface area contributed by atoms with Crippen LogP contribution in [0.2, 0.25) is 0 Å². The molecule has 0 saturated carbocycles. The van der Waals surface area contributed by atoms with Gasteiger partial charge in [0.15, 0.2) is 0 Å². The van der Waals surface area contributed by atoms with Gasteiger partial charge >= 0.3 is 13.7 Å². The average molecular weight is 381 g/mol. The van der Waals surface area contributed by atoms with Crippen LogP contribution >= 0.6 is 7.60 Å². The van der Waals surface area contributed by atoms with Gasteiger partial charge in [0.05, 0.1) is 25.6 Å². The van der Waals surface area contributed by atoms with Gasteiger partial charge in [0.1, 0.15) is 18.4 Å². The summed E-state index contributed by atoms with van der Waals surface area (Å²) in [4.78, 5) is 12.2. The van der Waals surface area contributed by atoms with Crippen LogP contribution < -0.4 is 5.32 Å². The molecule has 1 heterocycles. The molecule has 26 heavy (non-hydrogen) atoms. The first kappa shape index (κ1) is 20.2. The number of furan rings is 1. The third-order valence-electron chi connectivity index (χ3n) is 3.45. The molecule has 2 aromatic rings. The first-order chi connectivity index (χ1) is 12.6. The maximum atomic E-state index is 12.8. The lowest BCUT2D eigenvalue weighted by molar-refractivity contribution is 0.134. The van der Waals surface area contributed by atoms with Crippen LogP contribution in [0.25, 0.3) is 0 Å². The molecule has 0 unspecified atom stereocenters. The van der Waals surface area contributed by atoms with Gasteiger partial charge in [0.2, 0.25) is 0 Å².